The van der Waals surface area contributed by atoms with Crippen LogP contribution in [0.4, 0.5) is 4.79 Å². The van der Waals surface area contributed by atoms with Gasteiger partial charge in [0.15, 0.2) is 0 Å². The summed E-state index contributed by atoms with van der Waals surface area (Å²) in [6, 6.07) is 9.30. The van der Waals surface area contributed by atoms with Crippen LogP contribution in [0.25, 0.3) is 0 Å². The number of rotatable bonds is 4. The van der Waals surface area contributed by atoms with Crippen molar-refractivity contribution in [3.8, 4) is 0 Å². The van der Waals surface area contributed by atoms with Gasteiger partial charge in [0.2, 0.25) is 5.91 Å². The lowest BCUT2D eigenvalue weighted by molar-refractivity contribution is -0.155. The summed E-state index contributed by atoms with van der Waals surface area (Å²) < 4.78 is 9.91. The van der Waals surface area contributed by atoms with E-state index in [1.54, 1.807) is 0 Å². The molecule has 2 N–H and O–H groups in total. The molecule has 0 radical (unpaired) electrons. The first kappa shape index (κ1) is 16.3. The molecule has 2 amide bonds. The predicted octanol–water partition coefficient (Wildman–Crippen LogP) is 0.981. The van der Waals surface area contributed by atoms with E-state index in [9.17, 15) is 14.4 Å². The summed E-state index contributed by atoms with van der Waals surface area (Å²) in [5.74, 6) is -1.61. The van der Waals surface area contributed by atoms with Gasteiger partial charge in [-0.2, -0.15) is 0 Å². The summed E-state index contributed by atoms with van der Waals surface area (Å²) in [5, 5.41) is 5.49. The van der Waals surface area contributed by atoms with Gasteiger partial charge in [0.05, 0.1) is 7.11 Å². The van der Waals surface area contributed by atoms with Crippen LogP contribution in [0.3, 0.4) is 0 Å². The molecule has 1 atom stereocenters. The lowest BCUT2D eigenvalue weighted by Gasteiger charge is -2.46. The van der Waals surface area contributed by atoms with Gasteiger partial charge >= 0.3 is 12.1 Å². The Hall–Kier alpha value is -2.57. The zero-order valence-electron chi connectivity index (χ0n) is 13.4. The van der Waals surface area contributed by atoms with Crippen LogP contribution in [0, 0.1) is 11.3 Å². The largest absolute Gasteiger partial charge is 0.468 e. The molecule has 1 unspecified atom stereocenters. The summed E-state index contributed by atoms with van der Waals surface area (Å²) >= 11 is 0. The highest BCUT2D eigenvalue weighted by atomic mass is 16.5. The molecule has 7 heteroatoms. The Labute approximate surface area is 139 Å². The molecule has 1 aromatic rings. The van der Waals surface area contributed by atoms with Crippen molar-refractivity contribution >= 4 is 18.0 Å². The van der Waals surface area contributed by atoms with Crippen LogP contribution in [-0.2, 0) is 25.7 Å². The third-order valence-electron chi connectivity index (χ3n) is 4.77. The van der Waals surface area contributed by atoms with Crippen molar-refractivity contribution < 1.29 is 23.9 Å². The SMILES string of the molecule is COC(=O)C1C(=O)NCC12CC(NC(=O)OCc1ccccc1)C2. The van der Waals surface area contributed by atoms with Gasteiger partial charge in [-0.15, -0.1) is 0 Å². The molecule has 1 aliphatic heterocycles. The molecule has 1 saturated carbocycles. The first-order valence-corrected chi connectivity index (χ1v) is 7.87. The Morgan fingerprint density at radius 2 is 2.00 bits per heavy atom. The zero-order valence-corrected chi connectivity index (χ0v) is 13.4. The quantitative estimate of drug-likeness (QED) is 0.633. The monoisotopic (exact) mass is 332 g/mol. The second-order valence-corrected chi connectivity index (χ2v) is 6.35. The highest BCUT2D eigenvalue weighted by molar-refractivity contribution is 6.00. The van der Waals surface area contributed by atoms with E-state index in [2.05, 4.69) is 10.6 Å². The average Bonchev–Trinajstić information content (AvgIpc) is 2.90. The summed E-state index contributed by atoms with van der Waals surface area (Å²) in [7, 11) is 1.27. The smallest absolute Gasteiger partial charge is 0.407 e. The lowest BCUT2D eigenvalue weighted by Crippen LogP contribution is -2.56. The van der Waals surface area contributed by atoms with Crippen LogP contribution in [-0.4, -0.2) is 37.7 Å². The van der Waals surface area contributed by atoms with Crippen LogP contribution < -0.4 is 10.6 Å². The number of benzene rings is 1. The molecule has 1 aromatic carbocycles. The molecule has 128 valence electrons. The van der Waals surface area contributed by atoms with E-state index in [-0.39, 0.29) is 18.6 Å². The van der Waals surface area contributed by atoms with E-state index < -0.39 is 23.4 Å². The highest BCUT2D eigenvalue weighted by Crippen LogP contribution is 2.50. The van der Waals surface area contributed by atoms with E-state index in [1.165, 1.54) is 7.11 Å². The second kappa shape index (κ2) is 6.51. The topological polar surface area (TPSA) is 93.7 Å². The average molecular weight is 332 g/mol. The molecule has 7 nitrogen and oxygen atoms in total. The standard InChI is InChI=1S/C17H20N2O5/c1-23-15(21)13-14(20)18-10-17(13)7-12(8-17)19-16(22)24-9-11-5-3-2-4-6-11/h2-6,12-13H,7-10H2,1H3,(H,18,20)(H,19,22). The van der Waals surface area contributed by atoms with Crippen LogP contribution >= 0.6 is 0 Å². The van der Waals surface area contributed by atoms with Crippen molar-refractivity contribution in [1.82, 2.24) is 10.6 Å². The fourth-order valence-electron chi connectivity index (χ4n) is 3.56. The maximum atomic E-state index is 11.9. The van der Waals surface area contributed by atoms with Gasteiger partial charge < -0.3 is 20.1 Å². The summed E-state index contributed by atoms with van der Waals surface area (Å²) in [4.78, 5) is 35.5. The molecular formula is C17H20N2O5. The molecule has 3 rings (SSSR count). The summed E-state index contributed by atoms with van der Waals surface area (Å²) in [6.45, 7) is 0.637. The van der Waals surface area contributed by atoms with Gasteiger partial charge in [0.25, 0.3) is 0 Å². The number of methoxy groups -OCH3 is 1. The van der Waals surface area contributed by atoms with Crippen molar-refractivity contribution in [3.63, 3.8) is 0 Å². The third-order valence-corrected chi connectivity index (χ3v) is 4.77. The maximum Gasteiger partial charge on any atom is 0.407 e. The van der Waals surface area contributed by atoms with Crippen LogP contribution in [0.5, 0.6) is 0 Å². The second-order valence-electron chi connectivity index (χ2n) is 6.35. The van der Waals surface area contributed by atoms with Gasteiger partial charge in [0, 0.05) is 18.0 Å². The number of ether oxygens (including phenoxy) is 2. The van der Waals surface area contributed by atoms with Crippen molar-refractivity contribution in [2.24, 2.45) is 11.3 Å². The van der Waals surface area contributed by atoms with Gasteiger partial charge in [0.1, 0.15) is 12.5 Å². The third kappa shape index (κ3) is 3.06. The Morgan fingerprint density at radius 3 is 2.67 bits per heavy atom. The molecule has 0 bridgehead atoms. The number of hydrogen-bond acceptors (Lipinski definition) is 5. The molecule has 2 fully saturated rings. The minimum Gasteiger partial charge on any atom is -0.468 e. The first-order valence-electron chi connectivity index (χ1n) is 7.87. The fraction of sp³-hybridized carbons (Fsp3) is 0.471. The van der Waals surface area contributed by atoms with E-state index in [1.807, 2.05) is 30.3 Å². The molecule has 1 aliphatic carbocycles. The molecule has 1 saturated heterocycles. The molecule has 0 aromatic heterocycles. The predicted molar refractivity (Wildman–Crippen MR) is 83.7 cm³/mol. The Kier molecular flexibility index (Phi) is 4.42. The number of hydrogen-bond donors (Lipinski definition) is 2. The van der Waals surface area contributed by atoms with Gasteiger partial charge in [-0.05, 0) is 18.4 Å². The van der Waals surface area contributed by atoms with Crippen LogP contribution in [0.15, 0.2) is 30.3 Å². The van der Waals surface area contributed by atoms with Gasteiger partial charge in [-0.3, -0.25) is 9.59 Å². The molecule has 1 spiro atoms. The van der Waals surface area contributed by atoms with Crippen molar-refractivity contribution in [2.75, 3.05) is 13.7 Å². The number of carbonyl (C=O) groups is 3. The number of amides is 2. The number of esters is 1. The highest BCUT2D eigenvalue weighted by Gasteiger charge is 2.59. The van der Waals surface area contributed by atoms with E-state index >= 15 is 0 Å². The van der Waals surface area contributed by atoms with Crippen LogP contribution in [0.1, 0.15) is 18.4 Å². The Bertz CT molecular complexity index is 640. The summed E-state index contributed by atoms with van der Waals surface area (Å²) in [6.07, 6.45) is 0.600. The maximum absolute atomic E-state index is 11.9. The normalized spacial score (nSPS) is 28.0. The Balaban J connectivity index is 1.48. The molecule has 2 aliphatic rings. The minimum absolute atomic E-state index is 0.104. The molecular weight excluding hydrogens is 312 g/mol. The number of alkyl carbamates (subject to hydrolysis) is 1. The van der Waals surface area contributed by atoms with Crippen molar-refractivity contribution in [1.29, 1.82) is 0 Å². The zero-order chi connectivity index (χ0) is 17.2. The van der Waals surface area contributed by atoms with Crippen LogP contribution in [0.2, 0.25) is 0 Å². The number of nitrogens with one attached hydrogen (secondary N) is 2. The lowest BCUT2D eigenvalue weighted by atomic mass is 9.60. The van der Waals surface area contributed by atoms with E-state index in [0.717, 1.165) is 5.56 Å². The van der Waals surface area contributed by atoms with E-state index in [4.69, 9.17) is 9.47 Å². The Morgan fingerprint density at radius 1 is 1.29 bits per heavy atom. The van der Waals surface area contributed by atoms with Crippen molar-refractivity contribution in [2.45, 2.75) is 25.5 Å². The number of carbonyl (C=O) groups excluding carboxylic acids is 3. The van der Waals surface area contributed by atoms with Gasteiger partial charge in [-0.1, -0.05) is 30.3 Å². The fourth-order valence-corrected chi connectivity index (χ4v) is 3.56. The van der Waals surface area contributed by atoms with Gasteiger partial charge in [-0.25, -0.2) is 4.79 Å². The van der Waals surface area contributed by atoms with E-state index in [0.29, 0.717) is 19.4 Å². The minimum atomic E-state index is -0.791. The molecule has 24 heavy (non-hydrogen) atoms. The molecule has 1 heterocycles. The van der Waals surface area contributed by atoms with Crippen molar-refractivity contribution in [3.05, 3.63) is 35.9 Å². The first-order chi connectivity index (χ1) is 11.5. The summed E-state index contributed by atoms with van der Waals surface area (Å²) in [5.41, 5.74) is 0.454.